The lowest BCUT2D eigenvalue weighted by molar-refractivity contribution is 1.09. The molecule has 0 fully saturated rings. The van der Waals surface area contributed by atoms with E-state index in [9.17, 15) is 0 Å². The van der Waals surface area contributed by atoms with Crippen molar-refractivity contribution in [2.24, 2.45) is 0 Å². The highest BCUT2D eigenvalue weighted by Gasteiger charge is 2.29. The number of benzene rings is 7. The van der Waals surface area contributed by atoms with Gasteiger partial charge in [0.2, 0.25) is 0 Å². The molecule has 0 saturated heterocycles. The van der Waals surface area contributed by atoms with E-state index in [4.69, 9.17) is 9.97 Å². The standard InChI is InChI=1S/C44H26N4/c1-2-12-28(13-3-1)47-38-20-10-7-15-31(38)35-26-27(22-25-40(35)47)29-23-24-34-30-14-6-11-21-39(30)48-43(34)41(29)32-16-4-5-17-33(32)42-44(48)46-37-19-9-8-18-36(37)45-42/h1-26H. The number of hydrogen-bond acceptors (Lipinski definition) is 2. The van der Waals surface area contributed by atoms with E-state index in [1.807, 2.05) is 12.1 Å². The average Bonchev–Trinajstić information content (AvgIpc) is 3.63. The maximum Gasteiger partial charge on any atom is 0.165 e. The molecule has 0 bridgehead atoms. The molecule has 4 nitrogen and oxygen atoms in total. The molecule has 0 N–H and O–H groups in total. The Hall–Kier alpha value is -6.52. The van der Waals surface area contributed by atoms with E-state index in [0.29, 0.717) is 0 Å². The fourth-order valence-electron chi connectivity index (χ4n) is 8.02. The van der Waals surface area contributed by atoms with Gasteiger partial charge in [-0.1, -0.05) is 109 Å². The minimum Gasteiger partial charge on any atom is -0.309 e. The normalized spacial score (nSPS) is 12.2. The quantitative estimate of drug-likeness (QED) is 0.195. The number of nitrogens with zero attached hydrogens (tertiary/aromatic N) is 4. The molecule has 1 aliphatic rings. The van der Waals surface area contributed by atoms with Crippen molar-refractivity contribution in [1.82, 2.24) is 19.1 Å². The average molecular weight is 611 g/mol. The fourth-order valence-corrected chi connectivity index (χ4v) is 8.02. The molecular weight excluding hydrogens is 585 g/mol. The minimum absolute atomic E-state index is 0.865. The van der Waals surface area contributed by atoms with E-state index in [2.05, 4.69) is 155 Å². The molecule has 10 aromatic rings. The molecule has 0 unspecified atom stereocenters. The molecule has 1 aliphatic heterocycles. The maximum atomic E-state index is 5.33. The number of rotatable bonds is 2. The van der Waals surface area contributed by atoms with Crippen molar-refractivity contribution in [3.8, 4) is 45.0 Å². The monoisotopic (exact) mass is 610 g/mol. The molecule has 4 heterocycles. The van der Waals surface area contributed by atoms with Crippen LogP contribution in [0.2, 0.25) is 0 Å². The van der Waals surface area contributed by atoms with Crippen molar-refractivity contribution >= 4 is 54.6 Å². The molecule has 0 radical (unpaired) electrons. The van der Waals surface area contributed by atoms with Gasteiger partial charge in [0.05, 0.1) is 33.1 Å². The Labute approximate surface area is 275 Å². The summed E-state index contributed by atoms with van der Waals surface area (Å²) in [6.45, 7) is 0. The smallest absolute Gasteiger partial charge is 0.165 e. The van der Waals surface area contributed by atoms with E-state index in [1.54, 1.807) is 0 Å². The molecular formula is C44H26N4. The predicted octanol–water partition coefficient (Wildman–Crippen LogP) is 11.1. The van der Waals surface area contributed by atoms with Crippen LogP contribution in [-0.4, -0.2) is 19.1 Å². The van der Waals surface area contributed by atoms with Crippen molar-refractivity contribution in [2.75, 3.05) is 0 Å². The molecule has 0 aliphatic carbocycles. The summed E-state index contributed by atoms with van der Waals surface area (Å²) in [7, 11) is 0. The van der Waals surface area contributed by atoms with Crippen LogP contribution in [0.25, 0.3) is 99.7 Å². The molecule has 0 spiro atoms. The third kappa shape index (κ3) is 3.38. The molecule has 48 heavy (non-hydrogen) atoms. The van der Waals surface area contributed by atoms with Crippen molar-refractivity contribution in [1.29, 1.82) is 0 Å². The molecule has 0 amide bonds. The SMILES string of the molecule is c1ccc(-n2c3ccccc3c3cc(-c4ccc5c6ccccc6n6c5c4-c4ccccc4-c4nc5ccccc5nc4-6)ccc32)cc1. The van der Waals surface area contributed by atoms with Crippen LogP contribution in [0.3, 0.4) is 0 Å². The largest absolute Gasteiger partial charge is 0.309 e. The van der Waals surface area contributed by atoms with Gasteiger partial charge in [0.15, 0.2) is 5.82 Å². The predicted molar refractivity (Wildman–Crippen MR) is 198 cm³/mol. The van der Waals surface area contributed by atoms with Gasteiger partial charge in [-0.05, 0) is 65.2 Å². The van der Waals surface area contributed by atoms with Crippen LogP contribution in [0.1, 0.15) is 0 Å². The Morgan fingerprint density at radius 3 is 1.83 bits per heavy atom. The summed E-state index contributed by atoms with van der Waals surface area (Å²) >= 11 is 0. The van der Waals surface area contributed by atoms with E-state index in [0.717, 1.165) is 50.4 Å². The van der Waals surface area contributed by atoms with Gasteiger partial charge in [-0.25, -0.2) is 9.97 Å². The van der Waals surface area contributed by atoms with E-state index < -0.39 is 0 Å². The van der Waals surface area contributed by atoms with Crippen LogP contribution in [-0.2, 0) is 0 Å². The summed E-state index contributed by atoms with van der Waals surface area (Å²) in [6.07, 6.45) is 0. The third-order valence-electron chi connectivity index (χ3n) is 10.1. The zero-order chi connectivity index (χ0) is 31.3. The first-order chi connectivity index (χ1) is 23.8. The van der Waals surface area contributed by atoms with Crippen molar-refractivity contribution in [2.45, 2.75) is 0 Å². The first-order valence-electron chi connectivity index (χ1n) is 16.4. The van der Waals surface area contributed by atoms with Crippen molar-refractivity contribution < 1.29 is 0 Å². The number of aromatic nitrogens is 4. The molecule has 222 valence electrons. The summed E-state index contributed by atoms with van der Waals surface area (Å²) < 4.78 is 4.73. The van der Waals surface area contributed by atoms with E-state index in [1.165, 1.54) is 49.3 Å². The molecule has 3 aromatic heterocycles. The van der Waals surface area contributed by atoms with Crippen molar-refractivity contribution in [3.05, 3.63) is 158 Å². The Morgan fingerprint density at radius 2 is 1.02 bits per heavy atom. The summed E-state index contributed by atoms with van der Waals surface area (Å²) in [5.74, 6) is 0.865. The van der Waals surface area contributed by atoms with Crippen LogP contribution in [0, 0.1) is 0 Å². The van der Waals surface area contributed by atoms with Crippen molar-refractivity contribution in [3.63, 3.8) is 0 Å². The molecule has 7 aromatic carbocycles. The summed E-state index contributed by atoms with van der Waals surface area (Å²) in [4.78, 5) is 10.6. The van der Waals surface area contributed by atoms with Gasteiger partial charge in [-0.3, -0.25) is 4.57 Å². The lowest BCUT2D eigenvalue weighted by Gasteiger charge is -2.15. The summed E-state index contributed by atoms with van der Waals surface area (Å²) in [6, 6.07) is 56.5. The highest BCUT2D eigenvalue weighted by atomic mass is 15.1. The highest BCUT2D eigenvalue weighted by Crippen LogP contribution is 2.50. The van der Waals surface area contributed by atoms with Gasteiger partial charge in [0.25, 0.3) is 0 Å². The Bertz CT molecular complexity index is 2950. The zero-order valence-electron chi connectivity index (χ0n) is 25.8. The van der Waals surface area contributed by atoms with E-state index in [-0.39, 0.29) is 0 Å². The van der Waals surface area contributed by atoms with Gasteiger partial charge in [-0.2, -0.15) is 0 Å². The number of fused-ring (bicyclic) bond motifs is 12. The van der Waals surface area contributed by atoms with Gasteiger partial charge in [-0.15, -0.1) is 0 Å². The summed E-state index contributed by atoms with van der Waals surface area (Å²) in [5, 5.41) is 4.90. The molecule has 0 saturated carbocycles. The Morgan fingerprint density at radius 1 is 0.396 bits per heavy atom. The third-order valence-corrected chi connectivity index (χ3v) is 10.1. The first kappa shape index (κ1) is 25.6. The fraction of sp³-hybridized carbons (Fsp3) is 0. The second-order valence-electron chi connectivity index (χ2n) is 12.6. The number of para-hydroxylation sites is 5. The summed E-state index contributed by atoms with van der Waals surface area (Å²) in [5.41, 5.74) is 14.4. The van der Waals surface area contributed by atoms with Gasteiger partial charge in [0.1, 0.15) is 5.69 Å². The number of hydrogen-bond donors (Lipinski definition) is 0. The van der Waals surface area contributed by atoms with Crippen LogP contribution in [0.4, 0.5) is 0 Å². The zero-order valence-corrected chi connectivity index (χ0v) is 25.8. The van der Waals surface area contributed by atoms with Gasteiger partial charge in [0, 0.05) is 38.4 Å². The highest BCUT2D eigenvalue weighted by molar-refractivity contribution is 6.19. The topological polar surface area (TPSA) is 35.6 Å². The van der Waals surface area contributed by atoms with Gasteiger partial charge < -0.3 is 4.57 Å². The molecule has 11 rings (SSSR count). The first-order valence-corrected chi connectivity index (χ1v) is 16.4. The second kappa shape index (κ2) is 9.50. The molecule has 0 atom stereocenters. The van der Waals surface area contributed by atoms with Crippen LogP contribution < -0.4 is 0 Å². The van der Waals surface area contributed by atoms with E-state index >= 15 is 0 Å². The van der Waals surface area contributed by atoms with Crippen LogP contribution in [0.5, 0.6) is 0 Å². The Balaban J connectivity index is 1.28. The van der Waals surface area contributed by atoms with Crippen LogP contribution in [0.15, 0.2) is 158 Å². The maximum absolute atomic E-state index is 5.33. The van der Waals surface area contributed by atoms with Crippen LogP contribution >= 0.6 is 0 Å². The van der Waals surface area contributed by atoms with Gasteiger partial charge >= 0.3 is 0 Å². The molecule has 4 heteroatoms. The minimum atomic E-state index is 0.865. The Kier molecular flexibility index (Phi) is 5.08. The lowest BCUT2D eigenvalue weighted by atomic mass is 9.89. The second-order valence-corrected chi connectivity index (χ2v) is 12.6. The lowest BCUT2D eigenvalue weighted by Crippen LogP contribution is -2.02.